The van der Waals surface area contributed by atoms with Gasteiger partial charge in [-0.05, 0) is 55.8 Å². The lowest BCUT2D eigenvalue weighted by atomic mass is 10.0. The molecule has 4 rings (SSSR count). The highest BCUT2D eigenvalue weighted by Gasteiger charge is 2.24. The van der Waals surface area contributed by atoms with Crippen LogP contribution in [0.15, 0.2) is 54.6 Å². The molecule has 1 amide bonds. The first-order chi connectivity index (χ1) is 13.2. The molecular formula is C21H21N3O2S. The predicted molar refractivity (Wildman–Crippen MR) is 107 cm³/mol. The van der Waals surface area contributed by atoms with Crippen LogP contribution in [0.25, 0.3) is 11.3 Å². The Morgan fingerprint density at radius 2 is 1.85 bits per heavy atom. The first kappa shape index (κ1) is 17.7. The van der Waals surface area contributed by atoms with Crippen LogP contribution >= 0.6 is 11.3 Å². The Kier molecular flexibility index (Phi) is 5.18. The molecule has 0 aliphatic carbocycles. The lowest BCUT2D eigenvalue weighted by Gasteiger charge is -2.20. The second kappa shape index (κ2) is 7.90. The second-order valence-electron chi connectivity index (χ2n) is 6.58. The van der Waals surface area contributed by atoms with Crippen molar-refractivity contribution in [1.29, 1.82) is 0 Å². The third kappa shape index (κ3) is 4.02. The number of carbonyl (C=O) groups is 1. The Morgan fingerprint density at radius 1 is 1.11 bits per heavy atom. The summed E-state index contributed by atoms with van der Waals surface area (Å²) in [5.74, 6) is 1.43. The molecule has 0 bridgehead atoms. The fourth-order valence-corrected chi connectivity index (χ4v) is 4.32. The summed E-state index contributed by atoms with van der Waals surface area (Å²) in [5, 5.41) is 4.38. The predicted octanol–water partition coefficient (Wildman–Crippen LogP) is 4.17. The van der Waals surface area contributed by atoms with E-state index in [9.17, 15) is 4.79 Å². The number of aromatic nitrogens is 1. The number of hydrogen-bond donors (Lipinski definition) is 2. The van der Waals surface area contributed by atoms with E-state index in [1.165, 1.54) is 11.3 Å². The SMILES string of the molecule is NC(=O)c1sc(C2CCCNC2)nc1-c1ccc(Oc2ccccc2)cc1. The third-order valence-corrected chi connectivity index (χ3v) is 5.85. The molecule has 1 aliphatic rings. The largest absolute Gasteiger partial charge is 0.457 e. The molecule has 138 valence electrons. The zero-order valence-corrected chi connectivity index (χ0v) is 15.7. The minimum absolute atomic E-state index is 0.344. The minimum atomic E-state index is -0.429. The minimum Gasteiger partial charge on any atom is -0.457 e. The normalized spacial score (nSPS) is 16.8. The average molecular weight is 379 g/mol. The Hall–Kier alpha value is -2.70. The number of amides is 1. The van der Waals surface area contributed by atoms with E-state index in [-0.39, 0.29) is 0 Å². The number of nitrogens with zero attached hydrogens (tertiary/aromatic N) is 1. The topological polar surface area (TPSA) is 77.2 Å². The van der Waals surface area contributed by atoms with Gasteiger partial charge in [0.1, 0.15) is 16.4 Å². The number of rotatable bonds is 5. The van der Waals surface area contributed by atoms with Crippen molar-refractivity contribution in [3.8, 4) is 22.8 Å². The quantitative estimate of drug-likeness (QED) is 0.697. The van der Waals surface area contributed by atoms with E-state index in [1.807, 2.05) is 54.6 Å². The van der Waals surface area contributed by atoms with E-state index in [0.29, 0.717) is 16.5 Å². The number of para-hydroxylation sites is 1. The smallest absolute Gasteiger partial charge is 0.261 e. The van der Waals surface area contributed by atoms with Crippen LogP contribution in [0.1, 0.15) is 33.4 Å². The van der Waals surface area contributed by atoms with Gasteiger partial charge in [-0.15, -0.1) is 11.3 Å². The molecule has 1 aromatic heterocycles. The molecule has 27 heavy (non-hydrogen) atoms. The summed E-state index contributed by atoms with van der Waals surface area (Å²) in [6.07, 6.45) is 2.21. The van der Waals surface area contributed by atoms with Gasteiger partial charge in [-0.1, -0.05) is 18.2 Å². The van der Waals surface area contributed by atoms with Gasteiger partial charge in [0.15, 0.2) is 0 Å². The van der Waals surface area contributed by atoms with Crippen molar-refractivity contribution in [1.82, 2.24) is 10.3 Å². The number of nitrogens with two attached hydrogens (primary N) is 1. The maximum absolute atomic E-state index is 12.0. The van der Waals surface area contributed by atoms with Crippen molar-refractivity contribution in [3.05, 3.63) is 64.5 Å². The summed E-state index contributed by atoms with van der Waals surface area (Å²) in [7, 11) is 0. The summed E-state index contributed by atoms with van der Waals surface area (Å²) in [5.41, 5.74) is 7.15. The van der Waals surface area contributed by atoms with Gasteiger partial charge in [-0.25, -0.2) is 4.98 Å². The Labute approximate surface area is 162 Å². The molecule has 2 aromatic carbocycles. The van der Waals surface area contributed by atoms with Crippen LogP contribution in [0.2, 0.25) is 0 Å². The number of primary amides is 1. The number of carbonyl (C=O) groups excluding carboxylic acids is 1. The van der Waals surface area contributed by atoms with Gasteiger partial charge in [0.25, 0.3) is 5.91 Å². The summed E-state index contributed by atoms with van der Waals surface area (Å²) >= 11 is 1.42. The van der Waals surface area contributed by atoms with Gasteiger partial charge >= 0.3 is 0 Å². The Morgan fingerprint density at radius 3 is 2.52 bits per heavy atom. The number of benzene rings is 2. The molecule has 0 spiro atoms. The van der Waals surface area contributed by atoms with E-state index >= 15 is 0 Å². The standard InChI is InChI=1S/C21H21N3O2S/c22-20(25)19-18(24-21(27-19)15-5-4-12-23-13-15)14-8-10-17(11-9-14)26-16-6-2-1-3-7-16/h1-3,6-11,15,23H,4-5,12-13H2,(H2,22,25). The summed E-state index contributed by atoms with van der Waals surface area (Å²) in [6, 6.07) is 17.2. The van der Waals surface area contributed by atoms with Gasteiger partial charge in [-0.3, -0.25) is 4.79 Å². The Balaban J connectivity index is 1.60. The van der Waals surface area contributed by atoms with Crippen molar-refractivity contribution in [2.24, 2.45) is 5.73 Å². The lowest BCUT2D eigenvalue weighted by Crippen LogP contribution is -2.28. The molecule has 1 aliphatic heterocycles. The van der Waals surface area contributed by atoms with E-state index in [2.05, 4.69) is 5.32 Å². The summed E-state index contributed by atoms with van der Waals surface area (Å²) in [4.78, 5) is 17.2. The van der Waals surface area contributed by atoms with Crippen LogP contribution in [0.5, 0.6) is 11.5 Å². The van der Waals surface area contributed by atoms with Gasteiger partial charge in [0.05, 0.1) is 10.7 Å². The molecule has 1 unspecified atom stereocenters. The third-order valence-electron chi connectivity index (χ3n) is 4.62. The highest BCUT2D eigenvalue weighted by molar-refractivity contribution is 7.14. The number of ether oxygens (including phenoxy) is 1. The first-order valence-corrected chi connectivity index (χ1v) is 9.87. The number of thiazole rings is 1. The highest BCUT2D eigenvalue weighted by Crippen LogP contribution is 2.35. The van der Waals surface area contributed by atoms with E-state index in [1.54, 1.807) is 0 Å². The number of nitrogens with one attached hydrogen (secondary N) is 1. The van der Waals surface area contributed by atoms with Crippen molar-refractivity contribution in [2.75, 3.05) is 13.1 Å². The molecule has 6 heteroatoms. The number of hydrogen-bond acceptors (Lipinski definition) is 5. The van der Waals surface area contributed by atoms with E-state index in [0.717, 1.165) is 48.0 Å². The van der Waals surface area contributed by atoms with E-state index in [4.69, 9.17) is 15.5 Å². The fraction of sp³-hybridized carbons (Fsp3) is 0.238. The zero-order chi connectivity index (χ0) is 18.6. The Bertz CT molecular complexity index is 916. The average Bonchev–Trinajstić information content (AvgIpc) is 3.16. The molecule has 1 fully saturated rings. The fourth-order valence-electron chi connectivity index (χ4n) is 3.24. The summed E-state index contributed by atoms with van der Waals surface area (Å²) in [6.45, 7) is 1.94. The van der Waals surface area contributed by atoms with Crippen LogP contribution in [0, 0.1) is 0 Å². The van der Waals surface area contributed by atoms with Crippen molar-refractivity contribution < 1.29 is 9.53 Å². The zero-order valence-electron chi connectivity index (χ0n) is 14.9. The molecule has 5 nitrogen and oxygen atoms in total. The van der Waals surface area contributed by atoms with Gasteiger partial charge < -0.3 is 15.8 Å². The lowest BCUT2D eigenvalue weighted by molar-refractivity contribution is 0.100. The van der Waals surface area contributed by atoms with Crippen LogP contribution in [-0.2, 0) is 0 Å². The molecule has 2 heterocycles. The number of piperidine rings is 1. The van der Waals surface area contributed by atoms with Gasteiger partial charge in [0, 0.05) is 18.0 Å². The van der Waals surface area contributed by atoms with Crippen molar-refractivity contribution in [2.45, 2.75) is 18.8 Å². The van der Waals surface area contributed by atoms with Crippen LogP contribution in [0.3, 0.4) is 0 Å². The second-order valence-corrected chi connectivity index (χ2v) is 7.61. The first-order valence-electron chi connectivity index (χ1n) is 9.05. The molecule has 0 saturated carbocycles. The summed E-state index contributed by atoms with van der Waals surface area (Å²) < 4.78 is 5.83. The van der Waals surface area contributed by atoms with Gasteiger partial charge in [0.2, 0.25) is 0 Å². The van der Waals surface area contributed by atoms with Crippen molar-refractivity contribution in [3.63, 3.8) is 0 Å². The molecule has 1 atom stereocenters. The van der Waals surface area contributed by atoms with Gasteiger partial charge in [-0.2, -0.15) is 0 Å². The maximum Gasteiger partial charge on any atom is 0.261 e. The highest BCUT2D eigenvalue weighted by atomic mass is 32.1. The molecular weight excluding hydrogens is 358 g/mol. The van der Waals surface area contributed by atoms with Crippen LogP contribution < -0.4 is 15.8 Å². The molecule has 3 aromatic rings. The molecule has 1 saturated heterocycles. The molecule has 0 radical (unpaired) electrons. The monoisotopic (exact) mass is 379 g/mol. The van der Waals surface area contributed by atoms with E-state index < -0.39 is 5.91 Å². The van der Waals surface area contributed by atoms with Crippen LogP contribution in [0.4, 0.5) is 0 Å². The molecule has 3 N–H and O–H groups in total. The van der Waals surface area contributed by atoms with Crippen LogP contribution in [-0.4, -0.2) is 24.0 Å². The van der Waals surface area contributed by atoms with Crippen molar-refractivity contribution >= 4 is 17.2 Å². The maximum atomic E-state index is 12.0.